The van der Waals surface area contributed by atoms with Gasteiger partial charge in [0.2, 0.25) is 0 Å². The minimum absolute atomic E-state index is 0.312. The van der Waals surface area contributed by atoms with Crippen molar-refractivity contribution in [2.75, 3.05) is 33.4 Å². The molecule has 0 amide bonds. The van der Waals surface area contributed by atoms with Crippen LogP contribution < -0.4 is 14.8 Å². The fourth-order valence-electron chi connectivity index (χ4n) is 1.77. The largest absolute Gasteiger partial charge is 0.493 e. The molecule has 0 unspecified atom stereocenters. The molecular formula is C16H27NO3. The summed E-state index contributed by atoms with van der Waals surface area (Å²) in [5, 5.41) is 3.33. The van der Waals surface area contributed by atoms with Crippen molar-refractivity contribution in [3.8, 4) is 11.5 Å². The third-order valence-corrected chi connectivity index (χ3v) is 2.80. The van der Waals surface area contributed by atoms with Gasteiger partial charge in [-0.2, -0.15) is 0 Å². The van der Waals surface area contributed by atoms with E-state index in [2.05, 4.69) is 19.2 Å². The van der Waals surface area contributed by atoms with Gasteiger partial charge >= 0.3 is 0 Å². The molecule has 0 aliphatic heterocycles. The maximum atomic E-state index is 5.71. The van der Waals surface area contributed by atoms with Gasteiger partial charge in [0.25, 0.3) is 0 Å². The summed E-state index contributed by atoms with van der Waals surface area (Å²) in [6.07, 6.45) is 1.33. The average Bonchev–Trinajstić information content (AvgIpc) is 2.42. The van der Waals surface area contributed by atoms with Gasteiger partial charge in [0.05, 0.1) is 13.2 Å². The third-order valence-electron chi connectivity index (χ3n) is 2.80. The quantitative estimate of drug-likeness (QED) is 0.669. The van der Waals surface area contributed by atoms with E-state index >= 15 is 0 Å². The molecule has 0 aliphatic rings. The number of nitrogens with one attached hydrogen (secondary N) is 1. The van der Waals surface area contributed by atoms with Gasteiger partial charge < -0.3 is 19.5 Å². The van der Waals surface area contributed by atoms with Gasteiger partial charge in [-0.1, -0.05) is 6.07 Å². The van der Waals surface area contributed by atoms with Crippen LogP contribution in [0, 0.1) is 6.92 Å². The van der Waals surface area contributed by atoms with E-state index in [9.17, 15) is 0 Å². The van der Waals surface area contributed by atoms with Crippen molar-refractivity contribution in [2.24, 2.45) is 0 Å². The molecule has 0 heterocycles. The van der Waals surface area contributed by atoms with E-state index in [4.69, 9.17) is 14.2 Å². The highest BCUT2D eigenvalue weighted by Gasteiger charge is 2.03. The van der Waals surface area contributed by atoms with Crippen molar-refractivity contribution in [1.29, 1.82) is 0 Å². The van der Waals surface area contributed by atoms with Crippen LogP contribution in [0.3, 0.4) is 0 Å². The Balaban J connectivity index is 2.12. The average molecular weight is 281 g/mol. The summed E-state index contributed by atoms with van der Waals surface area (Å²) in [6.45, 7) is 9.33. The maximum Gasteiger partial charge on any atom is 0.161 e. The zero-order valence-electron chi connectivity index (χ0n) is 13.1. The number of rotatable bonds is 10. The molecule has 4 heteroatoms. The van der Waals surface area contributed by atoms with E-state index in [1.54, 1.807) is 7.11 Å². The molecular weight excluding hydrogens is 254 g/mol. The molecule has 0 aliphatic carbocycles. The Morgan fingerprint density at radius 2 is 1.90 bits per heavy atom. The summed E-state index contributed by atoms with van der Waals surface area (Å²) in [5.41, 5.74) is 1.16. The molecule has 1 rings (SSSR count). The van der Waals surface area contributed by atoms with Crippen LogP contribution in [-0.2, 0) is 4.74 Å². The van der Waals surface area contributed by atoms with Gasteiger partial charge in [0.15, 0.2) is 11.5 Å². The van der Waals surface area contributed by atoms with Gasteiger partial charge in [-0.3, -0.25) is 0 Å². The Bertz CT molecular complexity index is 380. The van der Waals surface area contributed by atoms with Crippen LogP contribution in [0.5, 0.6) is 11.5 Å². The lowest BCUT2D eigenvalue weighted by Crippen LogP contribution is -2.23. The van der Waals surface area contributed by atoms with E-state index in [-0.39, 0.29) is 0 Å². The van der Waals surface area contributed by atoms with E-state index in [0.29, 0.717) is 12.7 Å². The summed E-state index contributed by atoms with van der Waals surface area (Å²) in [4.78, 5) is 0. The highest BCUT2D eigenvalue weighted by molar-refractivity contribution is 5.42. The minimum atomic E-state index is 0.312. The molecule has 0 aromatic heterocycles. The topological polar surface area (TPSA) is 39.7 Å². The standard InChI is InChI=1S/C16H27NO3/c1-13(2)19-10-5-8-17-9-11-20-15-7-6-14(3)12-16(15)18-4/h6-7,12-13,17H,5,8-11H2,1-4H3. The second kappa shape index (κ2) is 9.61. The number of methoxy groups -OCH3 is 1. The predicted octanol–water partition coefficient (Wildman–Crippen LogP) is 2.79. The summed E-state index contributed by atoms with van der Waals surface area (Å²) in [7, 11) is 1.66. The van der Waals surface area contributed by atoms with Crippen LogP contribution in [0.15, 0.2) is 18.2 Å². The Labute approximate surface area is 122 Å². The smallest absolute Gasteiger partial charge is 0.161 e. The molecule has 4 nitrogen and oxygen atoms in total. The number of hydrogen-bond acceptors (Lipinski definition) is 4. The maximum absolute atomic E-state index is 5.71. The van der Waals surface area contributed by atoms with E-state index < -0.39 is 0 Å². The lowest BCUT2D eigenvalue weighted by atomic mass is 10.2. The molecule has 0 spiro atoms. The fourth-order valence-corrected chi connectivity index (χ4v) is 1.77. The first-order valence-electron chi connectivity index (χ1n) is 7.23. The molecule has 20 heavy (non-hydrogen) atoms. The molecule has 1 aromatic carbocycles. The molecule has 0 fully saturated rings. The van der Waals surface area contributed by atoms with Crippen molar-refractivity contribution in [2.45, 2.75) is 33.3 Å². The van der Waals surface area contributed by atoms with Crippen LogP contribution >= 0.6 is 0 Å². The molecule has 0 radical (unpaired) electrons. The Kier molecular flexibility index (Phi) is 8.07. The molecule has 1 aromatic rings. The molecule has 1 N–H and O–H groups in total. The van der Waals surface area contributed by atoms with Crippen molar-refractivity contribution < 1.29 is 14.2 Å². The lowest BCUT2D eigenvalue weighted by molar-refractivity contribution is 0.0770. The van der Waals surface area contributed by atoms with Crippen molar-refractivity contribution in [3.63, 3.8) is 0 Å². The van der Waals surface area contributed by atoms with Crippen molar-refractivity contribution in [3.05, 3.63) is 23.8 Å². The molecule has 0 atom stereocenters. The highest BCUT2D eigenvalue weighted by atomic mass is 16.5. The summed E-state index contributed by atoms with van der Waals surface area (Å²) in [5.74, 6) is 1.58. The predicted molar refractivity (Wildman–Crippen MR) is 81.8 cm³/mol. The van der Waals surface area contributed by atoms with E-state index in [0.717, 1.165) is 43.2 Å². The van der Waals surface area contributed by atoms with Crippen LogP contribution in [0.25, 0.3) is 0 Å². The fraction of sp³-hybridized carbons (Fsp3) is 0.625. The van der Waals surface area contributed by atoms with Crippen LogP contribution in [0.4, 0.5) is 0 Å². The van der Waals surface area contributed by atoms with Gasteiger partial charge in [-0.15, -0.1) is 0 Å². The second-order valence-corrected chi connectivity index (χ2v) is 5.03. The normalized spacial score (nSPS) is 10.8. The van der Waals surface area contributed by atoms with Gasteiger partial charge in [-0.25, -0.2) is 0 Å². The van der Waals surface area contributed by atoms with E-state index in [1.165, 1.54) is 0 Å². The zero-order chi connectivity index (χ0) is 14.8. The number of hydrogen-bond donors (Lipinski definition) is 1. The van der Waals surface area contributed by atoms with Crippen LogP contribution in [-0.4, -0.2) is 39.5 Å². The summed E-state index contributed by atoms with van der Waals surface area (Å²) in [6, 6.07) is 5.95. The Morgan fingerprint density at radius 1 is 1.10 bits per heavy atom. The molecule has 0 saturated carbocycles. The van der Waals surface area contributed by atoms with Crippen molar-refractivity contribution in [1.82, 2.24) is 5.32 Å². The van der Waals surface area contributed by atoms with Crippen molar-refractivity contribution >= 4 is 0 Å². The van der Waals surface area contributed by atoms with Crippen LogP contribution in [0.1, 0.15) is 25.8 Å². The first kappa shape index (κ1) is 16.8. The lowest BCUT2D eigenvalue weighted by Gasteiger charge is -2.12. The molecule has 114 valence electrons. The Hall–Kier alpha value is -1.26. The zero-order valence-corrected chi connectivity index (χ0v) is 13.1. The van der Waals surface area contributed by atoms with Gasteiger partial charge in [0, 0.05) is 13.2 Å². The van der Waals surface area contributed by atoms with Crippen LogP contribution in [0.2, 0.25) is 0 Å². The molecule has 0 saturated heterocycles. The number of benzene rings is 1. The van der Waals surface area contributed by atoms with Gasteiger partial charge in [-0.05, 0) is 51.4 Å². The second-order valence-electron chi connectivity index (χ2n) is 5.03. The molecule has 0 bridgehead atoms. The summed E-state index contributed by atoms with van der Waals surface area (Å²) >= 11 is 0. The minimum Gasteiger partial charge on any atom is -0.493 e. The summed E-state index contributed by atoms with van der Waals surface area (Å²) < 4.78 is 16.5. The number of aryl methyl sites for hydroxylation is 1. The first-order chi connectivity index (χ1) is 9.63. The SMILES string of the molecule is COc1cc(C)ccc1OCCNCCCOC(C)C. The highest BCUT2D eigenvalue weighted by Crippen LogP contribution is 2.27. The first-order valence-corrected chi connectivity index (χ1v) is 7.23. The number of ether oxygens (including phenoxy) is 3. The third kappa shape index (κ3) is 6.78. The Morgan fingerprint density at radius 3 is 2.60 bits per heavy atom. The monoisotopic (exact) mass is 281 g/mol. The van der Waals surface area contributed by atoms with Gasteiger partial charge in [0.1, 0.15) is 6.61 Å². The van der Waals surface area contributed by atoms with E-state index in [1.807, 2.05) is 25.1 Å².